The number of fused-ring (bicyclic) bond motifs is 6. The van der Waals surface area contributed by atoms with E-state index in [1.807, 2.05) is 36.4 Å². The van der Waals surface area contributed by atoms with E-state index in [9.17, 15) is 19.5 Å². The third kappa shape index (κ3) is 3.56. The van der Waals surface area contributed by atoms with Gasteiger partial charge in [-0.05, 0) is 60.8 Å². The predicted molar refractivity (Wildman–Crippen MR) is 122 cm³/mol. The first-order valence-electron chi connectivity index (χ1n) is 11.6. The van der Waals surface area contributed by atoms with Crippen LogP contribution in [0.25, 0.3) is 11.1 Å². The molecule has 0 unspecified atom stereocenters. The highest BCUT2D eigenvalue weighted by molar-refractivity contribution is 5.91. The van der Waals surface area contributed by atoms with Gasteiger partial charge in [0.2, 0.25) is 5.91 Å². The summed E-state index contributed by atoms with van der Waals surface area (Å²) in [7, 11) is 0. The Morgan fingerprint density at radius 3 is 2.21 bits per heavy atom. The Kier molecular flexibility index (Phi) is 5.35. The Morgan fingerprint density at radius 1 is 1.06 bits per heavy atom. The fraction of sp³-hybridized carbons (Fsp3) is 0.423. The largest absolute Gasteiger partial charge is 0.479 e. The highest BCUT2D eigenvalue weighted by Crippen LogP contribution is 2.45. The molecule has 2 N–H and O–H groups in total. The molecule has 0 aromatic heterocycles. The average Bonchev–Trinajstić information content (AvgIpc) is 3.16. The molecule has 33 heavy (non-hydrogen) atoms. The summed E-state index contributed by atoms with van der Waals surface area (Å²) >= 11 is 0. The molecule has 2 heterocycles. The summed E-state index contributed by atoms with van der Waals surface area (Å²) in [6, 6.07) is 15.3. The summed E-state index contributed by atoms with van der Waals surface area (Å²) in [6.07, 6.45) is 1.91. The Balaban J connectivity index is 1.24. The summed E-state index contributed by atoms with van der Waals surface area (Å²) in [5.41, 5.74) is 3.37. The normalized spacial score (nSPS) is 24.0. The summed E-state index contributed by atoms with van der Waals surface area (Å²) in [6.45, 7) is 2.18. The summed E-state index contributed by atoms with van der Waals surface area (Å²) < 4.78 is 5.55. The molecule has 2 aromatic carbocycles. The van der Waals surface area contributed by atoms with Gasteiger partial charge in [-0.15, -0.1) is 0 Å². The Labute approximate surface area is 192 Å². The van der Waals surface area contributed by atoms with Crippen LogP contribution >= 0.6 is 0 Å². The van der Waals surface area contributed by atoms with Crippen molar-refractivity contribution in [3.05, 3.63) is 59.7 Å². The number of carbonyl (C=O) groups is 3. The quantitative estimate of drug-likeness (QED) is 0.726. The van der Waals surface area contributed by atoms with Crippen LogP contribution in [0.3, 0.4) is 0 Å². The number of carbonyl (C=O) groups excluding carboxylic acids is 2. The first kappa shape index (κ1) is 21.5. The fourth-order valence-electron chi connectivity index (χ4n) is 5.78. The van der Waals surface area contributed by atoms with Crippen LogP contribution in [0.5, 0.6) is 0 Å². The number of nitrogens with zero attached hydrogens (tertiary/aromatic N) is 1. The fourth-order valence-corrected chi connectivity index (χ4v) is 5.78. The van der Waals surface area contributed by atoms with Gasteiger partial charge in [-0.3, -0.25) is 4.79 Å². The van der Waals surface area contributed by atoms with Crippen LogP contribution in [-0.2, 0) is 14.3 Å². The molecule has 2 amide bonds. The third-order valence-corrected chi connectivity index (χ3v) is 7.60. The SMILES string of the molecule is C[C@@H](NC(=O)OCC1c2ccccc2-c2ccccc21)C(=O)N1CC2CCC1(C(=O)O)CC2. The van der Waals surface area contributed by atoms with Crippen molar-refractivity contribution in [3.63, 3.8) is 0 Å². The van der Waals surface area contributed by atoms with Crippen molar-refractivity contribution >= 4 is 18.0 Å². The number of benzene rings is 2. The Morgan fingerprint density at radius 2 is 1.64 bits per heavy atom. The predicted octanol–water partition coefficient (Wildman–Crippen LogP) is 3.77. The Bertz CT molecular complexity index is 1060. The molecule has 7 heteroatoms. The lowest BCUT2D eigenvalue weighted by Crippen LogP contribution is -2.66. The van der Waals surface area contributed by atoms with Crippen molar-refractivity contribution in [1.82, 2.24) is 10.2 Å². The Hall–Kier alpha value is -3.35. The summed E-state index contributed by atoms with van der Waals surface area (Å²) in [5, 5.41) is 12.5. The summed E-state index contributed by atoms with van der Waals surface area (Å²) in [4.78, 5) is 39.2. The van der Waals surface area contributed by atoms with Gasteiger partial charge in [-0.2, -0.15) is 0 Å². The molecule has 2 bridgehead atoms. The van der Waals surface area contributed by atoms with Crippen LogP contribution < -0.4 is 5.32 Å². The standard InChI is InChI=1S/C26H28N2O5/c1-16(23(29)28-14-17-10-12-26(28,13-11-17)24(30)31)27-25(32)33-15-22-20-8-4-2-6-18(20)19-7-3-5-9-21(19)22/h2-9,16-17,22H,10-15H2,1H3,(H,27,32)(H,30,31)/t16-,17?,26?/m1/s1. The number of rotatable bonds is 5. The second kappa shape index (κ2) is 8.21. The van der Waals surface area contributed by atoms with Gasteiger partial charge < -0.3 is 20.1 Å². The third-order valence-electron chi connectivity index (χ3n) is 7.60. The van der Waals surface area contributed by atoms with Gasteiger partial charge in [0.1, 0.15) is 18.2 Å². The lowest BCUT2D eigenvalue weighted by Gasteiger charge is -2.52. The van der Waals surface area contributed by atoms with Crippen LogP contribution in [0.15, 0.2) is 48.5 Å². The van der Waals surface area contributed by atoms with Crippen molar-refractivity contribution < 1.29 is 24.2 Å². The van der Waals surface area contributed by atoms with E-state index in [1.165, 1.54) is 4.90 Å². The number of ether oxygens (including phenoxy) is 1. The van der Waals surface area contributed by atoms with Crippen LogP contribution in [0, 0.1) is 5.92 Å². The van der Waals surface area contributed by atoms with E-state index in [0.29, 0.717) is 25.3 Å². The number of hydrogen-bond donors (Lipinski definition) is 2. The molecule has 3 fully saturated rings. The molecule has 2 aromatic rings. The van der Waals surface area contributed by atoms with Crippen molar-refractivity contribution in [2.75, 3.05) is 13.2 Å². The lowest BCUT2D eigenvalue weighted by atomic mass is 9.70. The van der Waals surface area contributed by atoms with Gasteiger partial charge in [-0.1, -0.05) is 48.5 Å². The van der Waals surface area contributed by atoms with E-state index in [-0.39, 0.29) is 18.4 Å². The van der Waals surface area contributed by atoms with Crippen molar-refractivity contribution in [2.45, 2.75) is 50.1 Å². The van der Waals surface area contributed by atoms with Crippen LogP contribution in [-0.4, -0.2) is 52.7 Å². The van der Waals surface area contributed by atoms with E-state index < -0.39 is 23.6 Å². The van der Waals surface area contributed by atoms with Gasteiger partial charge in [-0.25, -0.2) is 9.59 Å². The van der Waals surface area contributed by atoms with E-state index in [1.54, 1.807) is 6.92 Å². The molecular formula is C26H28N2O5. The molecule has 2 aliphatic heterocycles. The van der Waals surface area contributed by atoms with E-state index in [0.717, 1.165) is 35.1 Å². The highest BCUT2D eigenvalue weighted by Gasteiger charge is 2.54. The lowest BCUT2D eigenvalue weighted by molar-refractivity contribution is -0.171. The number of piperidine rings is 2. The van der Waals surface area contributed by atoms with Crippen LogP contribution in [0.2, 0.25) is 0 Å². The number of nitrogens with one attached hydrogen (secondary N) is 1. The molecule has 1 atom stereocenters. The monoisotopic (exact) mass is 448 g/mol. The van der Waals surface area contributed by atoms with Crippen molar-refractivity contribution in [3.8, 4) is 11.1 Å². The van der Waals surface area contributed by atoms with E-state index >= 15 is 0 Å². The molecule has 172 valence electrons. The summed E-state index contributed by atoms with van der Waals surface area (Å²) in [5.74, 6) is -1.06. The number of alkyl carbamates (subject to hydrolysis) is 1. The number of amides is 2. The van der Waals surface area contributed by atoms with Gasteiger partial charge >= 0.3 is 12.1 Å². The zero-order valence-electron chi connectivity index (χ0n) is 18.6. The maximum Gasteiger partial charge on any atom is 0.407 e. The molecule has 6 rings (SSSR count). The molecule has 2 saturated heterocycles. The van der Waals surface area contributed by atoms with Gasteiger partial charge in [0, 0.05) is 12.5 Å². The maximum absolute atomic E-state index is 13.1. The minimum absolute atomic E-state index is 0.0673. The van der Waals surface area contributed by atoms with E-state index in [2.05, 4.69) is 17.4 Å². The first-order chi connectivity index (χ1) is 15.9. The number of carboxylic acid groups (broad SMARTS) is 1. The number of carboxylic acids is 1. The molecule has 7 nitrogen and oxygen atoms in total. The first-order valence-corrected chi connectivity index (χ1v) is 11.6. The number of hydrogen-bond acceptors (Lipinski definition) is 4. The van der Waals surface area contributed by atoms with E-state index in [4.69, 9.17) is 4.74 Å². The maximum atomic E-state index is 13.1. The molecule has 0 spiro atoms. The molecule has 1 saturated carbocycles. The minimum atomic E-state index is -1.15. The molecular weight excluding hydrogens is 420 g/mol. The van der Waals surface area contributed by atoms with Gasteiger partial charge in [0.25, 0.3) is 0 Å². The van der Waals surface area contributed by atoms with Gasteiger partial charge in [0.05, 0.1) is 0 Å². The van der Waals surface area contributed by atoms with Crippen LogP contribution in [0.4, 0.5) is 4.79 Å². The zero-order valence-corrected chi connectivity index (χ0v) is 18.6. The van der Waals surface area contributed by atoms with Crippen molar-refractivity contribution in [1.29, 1.82) is 0 Å². The second-order valence-electron chi connectivity index (χ2n) is 9.42. The van der Waals surface area contributed by atoms with Crippen molar-refractivity contribution in [2.24, 2.45) is 5.92 Å². The topological polar surface area (TPSA) is 95.9 Å². The number of aliphatic carboxylic acids is 1. The molecule has 4 aliphatic rings. The average molecular weight is 449 g/mol. The molecule has 0 radical (unpaired) electrons. The smallest absolute Gasteiger partial charge is 0.407 e. The van der Waals surface area contributed by atoms with Gasteiger partial charge in [0.15, 0.2) is 0 Å². The minimum Gasteiger partial charge on any atom is -0.479 e. The highest BCUT2D eigenvalue weighted by atomic mass is 16.5. The zero-order chi connectivity index (χ0) is 23.2. The second-order valence-corrected chi connectivity index (χ2v) is 9.42. The molecule has 2 aliphatic carbocycles. The van der Waals surface area contributed by atoms with Crippen LogP contribution in [0.1, 0.15) is 49.7 Å².